The van der Waals surface area contributed by atoms with Crippen LogP contribution in [0.3, 0.4) is 0 Å². The van der Waals surface area contributed by atoms with Crippen LogP contribution in [0.4, 0.5) is 28.4 Å². The number of nitro groups is 1. The Kier molecular flexibility index (Phi) is 6.50. The number of fused-ring (bicyclic) bond motifs is 3. The SMILES string of the molecule is O=C(Nc1ccc(Nc2ccccc2)cc1)c1cccc2c1NC(c1ccc(Cl)c([N+](=O)[O-])c1)C1CC=CC21. The minimum absolute atomic E-state index is 0.0945. The molecule has 3 unspecified atom stereocenters. The molecule has 1 aliphatic heterocycles. The van der Waals surface area contributed by atoms with Crippen LogP contribution in [-0.4, -0.2) is 10.8 Å². The maximum atomic E-state index is 13.5. The van der Waals surface area contributed by atoms with E-state index in [4.69, 9.17) is 11.6 Å². The Morgan fingerprint density at radius 1 is 0.923 bits per heavy atom. The van der Waals surface area contributed by atoms with E-state index in [0.29, 0.717) is 11.3 Å². The fraction of sp³-hybridized carbons (Fsp3) is 0.129. The number of carbonyl (C=O) groups is 1. The van der Waals surface area contributed by atoms with Crippen molar-refractivity contribution in [1.29, 1.82) is 0 Å². The minimum atomic E-state index is -0.466. The molecule has 7 nitrogen and oxygen atoms in total. The van der Waals surface area contributed by atoms with E-state index in [1.807, 2.05) is 72.8 Å². The highest BCUT2D eigenvalue weighted by atomic mass is 35.5. The molecule has 8 heteroatoms. The molecule has 0 spiro atoms. The Balaban J connectivity index is 1.27. The van der Waals surface area contributed by atoms with Crippen LogP contribution in [0.25, 0.3) is 0 Å². The Bertz CT molecular complexity index is 1590. The van der Waals surface area contributed by atoms with Crippen LogP contribution in [-0.2, 0) is 0 Å². The number of benzene rings is 4. The molecule has 0 aromatic heterocycles. The minimum Gasteiger partial charge on any atom is -0.377 e. The molecule has 3 atom stereocenters. The van der Waals surface area contributed by atoms with Crippen molar-refractivity contribution in [1.82, 2.24) is 0 Å². The fourth-order valence-corrected chi connectivity index (χ4v) is 5.71. The van der Waals surface area contributed by atoms with Crippen LogP contribution in [0, 0.1) is 16.0 Å². The normalized spacial score (nSPS) is 18.9. The van der Waals surface area contributed by atoms with Gasteiger partial charge in [-0.25, -0.2) is 0 Å². The molecule has 1 amide bonds. The molecule has 0 bridgehead atoms. The second kappa shape index (κ2) is 10.3. The van der Waals surface area contributed by atoms with Crippen molar-refractivity contribution in [2.45, 2.75) is 18.4 Å². The predicted molar refractivity (Wildman–Crippen MR) is 155 cm³/mol. The summed E-state index contributed by atoms with van der Waals surface area (Å²) in [5.74, 6) is 0.0303. The third-order valence-electron chi connectivity index (χ3n) is 7.37. The summed E-state index contributed by atoms with van der Waals surface area (Å²) >= 11 is 6.09. The summed E-state index contributed by atoms with van der Waals surface area (Å²) < 4.78 is 0. The average molecular weight is 537 g/mol. The third kappa shape index (κ3) is 4.84. The van der Waals surface area contributed by atoms with Crippen LogP contribution in [0.1, 0.15) is 39.9 Å². The lowest BCUT2D eigenvalue weighted by Gasteiger charge is -2.38. The monoisotopic (exact) mass is 536 g/mol. The highest BCUT2D eigenvalue weighted by molar-refractivity contribution is 6.32. The van der Waals surface area contributed by atoms with Crippen molar-refractivity contribution in [3.05, 3.63) is 135 Å². The maximum Gasteiger partial charge on any atom is 0.288 e. The molecule has 4 aromatic carbocycles. The largest absolute Gasteiger partial charge is 0.377 e. The number of halogens is 1. The highest BCUT2D eigenvalue weighted by Crippen LogP contribution is 2.51. The predicted octanol–water partition coefficient (Wildman–Crippen LogP) is 8.07. The number of para-hydroxylation sites is 2. The van der Waals surface area contributed by atoms with Crippen molar-refractivity contribution in [3.63, 3.8) is 0 Å². The number of hydrogen-bond acceptors (Lipinski definition) is 5. The molecule has 0 radical (unpaired) electrons. The Morgan fingerprint density at radius 2 is 1.67 bits per heavy atom. The van der Waals surface area contributed by atoms with E-state index in [-0.39, 0.29) is 34.5 Å². The van der Waals surface area contributed by atoms with Crippen molar-refractivity contribution < 1.29 is 9.72 Å². The van der Waals surface area contributed by atoms with Gasteiger partial charge >= 0.3 is 0 Å². The maximum absolute atomic E-state index is 13.5. The zero-order valence-corrected chi connectivity index (χ0v) is 21.6. The molecule has 0 saturated heterocycles. The number of hydrogen-bond donors (Lipinski definition) is 3. The summed E-state index contributed by atoms with van der Waals surface area (Å²) in [4.78, 5) is 24.6. The van der Waals surface area contributed by atoms with Gasteiger partial charge < -0.3 is 16.0 Å². The van der Waals surface area contributed by atoms with Gasteiger partial charge in [-0.3, -0.25) is 14.9 Å². The van der Waals surface area contributed by atoms with Crippen LogP contribution in [0.2, 0.25) is 5.02 Å². The topological polar surface area (TPSA) is 96.3 Å². The van der Waals surface area contributed by atoms with Crippen LogP contribution < -0.4 is 16.0 Å². The Hall–Kier alpha value is -4.62. The van der Waals surface area contributed by atoms with E-state index in [0.717, 1.165) is 34.6 Å². The van der Waals surface area contributed by atoms with Gasteiger partial charge in [0.15, 0.2) is 0 Å². The zero-order chi connectivity index (χ0) is 26.9. The Morgan fingerprint density at radius 3 is 2.44 bits per heavy atom. The van der Waals surface area contributed by atoms with Gasteiger partial charge in [0.05, 0.1) is 22.2 Å². The molecule has 6 rings (SSSR count). The number of allylic oxidation sites excluding steroid dienone is 2. The molecule has 3 N–H and O–H groups in total. The lowest BCUT2D eigenvalue weighted by atomic mass is 9.76. The van der Waals surface area contributed by atoms with Gasteiger partial charge in [-0.2, -0.15) is 0 Å². The average Bonchev–Trinajstić information content (AvgIpc) is 3.45. The van der Waals surface area contributed by atoms with Gasteiger partial charge in [0, 0.05) is 29.0 Å². The molecular weight excluding hydrogens is 512 g/mol. The van der Waals surface area contributed by atoms with Crippen molar-refractivity contribution in [3.8, 4) is 0 Å². The van der Waals surface area contributed by atoms with E-state index in [1.54, 1.807) is 12.1 Å². The van der Waals surface area contributed by atoms with Gasteiger partial charge in [0.25, 0.3) is 11.6 Å². The molecule has 1 heterocycles. The van der Waals surface area contributed by atoms with Gasteiger partial charge in [-0.1, -0.05) is 60.2 Å². The first-order valence-corrected chi connectivity index (χ1v) is 13.1. The fourth-order valence-electron chi connectivity index (χ4n) is 5.53. The number of anilines is 4. The molecule has 1 aliphatic carbocycles. The standard InChI is InChI=1S/C31H25ClN4O3/c32-27-17-12-19(18-28(27)36(38)39)29-24-9-4-8-23(24)25-10-5-11-26(30(25)35-29)31(37)34-22-15-13-21(14-16-22)33-20-6-2-1-3-7-20/h1-8,10-18,23-24,29,33,35H,9H2,(H,34,37). The van der Waals surface area contributed by atoms with Gasteiger partial charge in [-0.05, 0) is 72.0 Å². The zero-order valence-electron chi connectivity index (χ0n) is 20.8. The van der Waals surface area contributed by atoms with E-state index >= 15 is 0 Å². The van der Waals surface area contributed by atoms with Crippen molar-refractivity contribution in [2.24, 2.45) is 5.92 Å². The van der Waals surface area contributed by atoms with Crippen LogP contribution in [0.5, 0.6) is 0 Å². The number of nitrogens with zero attached hydrogens (tertiary/aromatic N) is 1. The summed E-state index contributed by atoms with van der Waals surface area (Å²) in [5, 5.41) is 21.6. The highest BCUT2D eigenvalue weighted by Gasteiger charge is 2.39. The molecular formula is C31H25ClN4O3. The van der Waals surface area contributed by atoms with E-state index in [9.17, 15) is 14.9 Å². The van der Waals surface area contributed by atoms with E-state index in [1.165, 1.54) is 6.07 Å². The quantitative estimate of drug-likeness (QED) is 0.131. The molecule has 4 aromatic rings. The smallest absolute Gasteiger partial charge is 0.288 e. The number of rotatable bonds is 6. The molecule has 2 aliphatic rings. The molecule has 0 fully saturated rings. The summed E-state index contributed by atoms with van der Waals surface area (Å²) in [6, 6.07) is 27.9. The van der Waals surface area contributed by atoms with Gasteiger partial charge in [-0.15, -0.1) is 0 Å². The van der Waals surface area contributed by atoms with Crippen LogP contribution in [0.15, 0.2) is 103 Å². The lowest BCUT2D eigenvalue weighted by molar-refractivity contribution is -0.384. The van der Waals surface area contributed by atoms with E-state index < -0.39 is 4.92 Å². The number of nitrogens with one attached hydrogen (secondary N) is 3. The molecule has 0 saturated carbocycles. The molecule has 194 valence electrons. The van der Waals surface area contributed by atoms with Crippen LogP contribution >= 0.6 is 11.6 Å². The summed E-state index contributed by atoms with van der Waals surface area (Å²) in [6.07, 6.45) is 5.14. The van der Waals surface area contributed by atoms with E-state index in [2.05, 4.69) is 28.1 Å². The first-order chi connectivity index (χ1) is 19.0. The first kappa shape index (κ1) is 24.7. The van der Waals surface area contributed by atoms with Crippen molar-refractivity contribution in [2.75, 3.05) is 16.0 Å². The third-order valence-corrected chi connectivity index (χ3v) is 7.69. The van der Waals surface area contributed by atoms with Crippen molar-refractivity contribution >= 4 is 45.9 Å². The summed E-state index contributed by atoms with van der Waals surface area (Å²) in [7, 11) is 0. The first-order valence-electron chi connectivity index (χ1n) is 12.7. The van der Waals surface area contributed by atoms with Gasteiger partial charge in [0.2, 0.25) is 0 Å². The number of nitro benzene ring substituents is 1. The second-order valence-electron chi connectivity index (χ2n) is 9.74. The number of carbonyl (C=O) groups excluding carboxylic acids is 1. The van der Waals surface area contributed by atoms with Gasteiger partial charge in [0.1, 0.15) is 5.02 Å². The summed E-state index contributed by atoms with van der Waals surface area (Å²) in [6.45, 7) is 0. The summed E-state index contributed by atoms with van der Waals surface area (Å²) in [5.41, 5.74) is 5.53. The second-order valence-corrected chi connectivity index (χ2v) is 10.1. The lowest BCUT2D eigenvalue weighted by Crippen LogP contribution is -2.31. The number of amides is 1. The molecule has 39 heavy (non-hydrogen) atoms. The Labute approximate surface area is 230 Å².